The van der Waals surface area contributed by atoms with Gasteiger partial charge in [0.05, 0.1) is 39.3 Å². The summed E-state index contributed by atoms with van der Waals surface area (Å²) in [6, 6.07) is 18.9. The molecule has 0 saturated heterocycles. The van der Waals surface area contributed by atoms with Crippen LogP contribution in [0.25, 0.3) is 0 Å². The normalized spacial score (nSPS) is 10.6. The lowest BCUT2D eigenvalue weighted by Crippen LogP contribution is -2.24. The highest BCUT2D eigenvalue weighted by atomic mass is 16.5. The van der Waals surface area contributed by atoms with Crippen molar-refractivity contribution in [3.63, 3.8) is 0 Å². The second-order valence-electron chi connectivity index (χ2n) is 8.39. The average molecular weight is 508 g/mol. The molecule has 2 aromatic carbocycles. The molecule has 196 valence electrons. The number of anilines is 4. The van der Waals surface area contributed by atoms with E-state index in [9.17, 15) is 9.59 Å². The van der Waals surface area contributed by atoms with E-state index >= 15 is 0 Å². The van der Waals surface area contributed by atoms with Crippen LogP contribution in [0.15, 0.2) is 60.7 Å². The zero-order valence-corrected chi connectivity index (χ0v) is 21.1. The zero-order valence-electron chi connectivity index (χ0n) is 21.1. The number of nitrogens with one attached hydrogen (secondary N) is 2. The molecule has 3 N–H and O–H groups in total. The van der Waals surface area contributed by atoms with E-state index in [0.717, 1.165) is 22.8 Å². The van der Waals surface area contributed by atoms with Crippen LogP contribution < -0.4 is 15.5 Å². The topological polar surface area (TPSA) is 126 Å². The molecule has 1 heterocycles. The number of aryl methyl sites for hydroxylation is 1. The minimum absolute atomic E-state index is 0.0123. The zero-order chi connectivity index (χ0) is 26.5. The predicted octanol–water partition coefficient (Wildman–Crippen LogP) is 3.65. The van der Waals surface area contributed by atoms with E-state index in [0.29, 0.717) is 44.4 Å². The number of ether oxygens (including phenoxy) is 2. The molecule has 0 aliphatic heterocycles. The van der Waals surface area contributed by atoms with Gasteiger partial charge in [-0.1, -0.05) is 30.3 Å². The first-order valence-corrected chi connectivity index (χ1v) is 12.0. The fourth-order valence-corrected chi connectivity index (χ4v) is 3.35. The second-order valence-corrected chi connectivity index (χ2v) is 8.39. The molecule has 3 rings (SSSR count). The van der Waals surface area contributed by atoms with Crippen LogP contribution in [0.1, 0.15) is 17.7 Å². The first-order valence-electron chi connectivity index (χ1n) is 12.0. The van der Waals surface area contributed by atoms with Gasteiger partial charge in [0.1, 0.15) is 5.82 Å². The molecular formula is C27H33N5O5. The summed E-state index contributed by atoms with van der Waals surface area (Å²) in [5.41, 5.74) is 3.29. The number of carboxylic acids is 1. The van der Waals surface area contributed by atoms with Gasteiger partial charge in [-0.2, -0.15) is 4.98 Å². The van der Waals surface area contributed by atoms with Gasteiger partial charge < -0.3 is 30.1 Å². The van der Waals surface area contributed by atoms with Crippen molar-refractivity contribution in [1.82, 2.24) is 9.97 Å². The van der Waals surface area contributed by atoms with Crippen molar-refractivity contribution < 1.29 is 24.2 Å². The summed E-state index contributed by atoms with van der Waals surface area (Å²) in [5, 5.41) is 14.7. The minimum atomic E-state index is -0.878. The number of carboxylic acid groups (broad SMARTS) is 1. The highest BCUT2D eigenvalue weighted by Gasteiger charge is 2.09. The van der Waals surface area contributed by atoms with E-state index in [1.165, 1.54) is 0 Å². The maximum atomic E-state index is 12.3. The van der Waals surface area contributed by atoms with E-state index in [1.807, 2.05) is 79.5 Å². The number of rotatable bonds is 15. The van der Waals surface area contributed by atoms with Crippen molar-refractivity contribution in [2.75, 3.05) is 55.6 Å². The number of carbonyl (C=O) groups is 2. The van der Waals surface area contributed by atoms with E-state index in [2.05, 4.69) is 20.6 Å². The molecule has 0 spiro atoms. The molecule has 0 bridgehead atoms. The number of benzene rings is 2. The number of amides is 1. The third kappa shape index (κ3) is 10.2. The fourth-order valence-electron chi connectivity index (χ4n) is 3.35. The van der Waals surface area contributed by atoms with Crippen LogP contribution in [0.3, 0.4) is 0 Å². The summed E-state index contributed by atoms with van der Waals surface area (Å²) in [6.07, 6.45) is 0.307. The Hall–Kier alpha value is -4.02. The van der Waals surface area contributed by atoms with Crippen LogP contribution in [0, 0.1) is 6.92 Å². The number of hydrogen-bond acceptors (Lipinski definition) is 8. The first-order chi connectivity index (χ1) is 17.9. The Kier molecular flexibility index (Phi) is 10.8. The largest absolute Gasteiger partial charge is 0.481 e. The lowest BCUT2D eigenvalue weighted by molar-refractivity contribution is -0.138. The van der Waals surface area contributed by atoms with E-state index in [4.69, 9.17) is 14.6 Å². The molecule has 1 aromatic heterocycles. The van der Waals surface area contributed by atoms with Gasteiger partial charge in [0.2, 0.25) is 11.9 Å². The van der Waals surface area contributed by atoms with Crippen molar-refractivity contribution in [2.45, 2.75) is 19.8 Å². The summed E-state index contributed by atoms with van der Waals surface area (Å²) >= 11 is 0. The number of likely N-dealkylation sites (N-methyl/N-ethyl adjacent to an activating group) is 1. The van der Waals surface area contributed by atoms with Gasteiger partial charge in [0, 0.05) is 36.7 Å². The molecule has 0 unspecified atom stereocenters. The third-order valence-corrected chi connectivity index (χ3v) is 5.27. The Bertz CT molecular complexity index is 1140. The summed E-state index contributed by atoms with van der Waals surface area (Å²) in [7, 11) is 1.92. The molecule has 1 amide bonds. The van der Waals surface area contributed by atoms with Crippen LogP contribution >= 0.6 is 0 Å². The number of aromatic nitrogens is 2. The number of carbonyl (C=O) groups excluding carboxylic acids is 1. The van der Waals surface area contributed by atoms with Gasteiger partial charge in [-0.05, 0) is 36.8 Å². The minimum Gasteiger partial charge on any atom is -0.481 e. The second kappa shape index (κ2) is 14.5. The predicted molar refractivity (Wildman–Crippen MR) is 142 cm³/mol. The summed E-state index contributed by atoms with van der Waals surface area (Å²) < 4.78 is 10.8. The van der Waals surface area contributed by atoms with Gasteiger partial charge in [0.15, 0.2) is 0 Å². The van der Waals surface area contributed by atoms with Gasteiger partial charge in [-0.25, -0.2) is 4.98 Å². The highest BCUT2D eigenvalue weighted by Crippen LogP contribution is 2.20. The van der Waals surface area contributed by atoms with Crippen LogP contribution in [0.2, 0.25) is 0 Å². The van der Waals surface area contributed by atoms with Crippen LogP contribution in [-0.4, -0.2) is 67.0 Å². The maximum absolute atomic E-state index is 12.3. The van der Waals surface area contributed by atoms with E-state index in [-0.39, 0.29) is 18.9 Å². The third-order valence-electron chi connectivity index (χ3n) is 5.27. The first kappa shape index (κ1) is 27.6. The lowest BCUT2D eigenvalue weighted by Gasteiger charge is -2.19. The Balaban J connectivity index is 1.45. The molecule has 0 aliphatic carbocycles. The molecule has 10 nitrogen and oxygen atoms in total. The van der Waals surface area contributed by atoms with Gasteiger partial charge in [0.25, 0.3) is 0 Å². The van der Waals surface area contributed by atoms with Gasteiger partial charge >= 0.3 is 5.97 Å². The lowest BCUT2D eigenvalue weighted by atomic mass is 10.1. The maximum Gasteiger partial charge on any atom is 0.305 e. The fraction of sp³-hybridized carbons (Fsp3) is 0.333. The average Bonchev–Trinajstić information content (AvgIpc) is 2.86. The molecular weight excluding hydrogens is 474 g/mol. The molecule has 0 atom stereocenters. The van der Waals surface area contributed by atoms with Crippen molar-refractivity contribution >= 4 is 35.0 Å². The molecule has 0 saturated carbocycles. The highest BCUT2D eigenvalue weighted by molar-refractivity contribution is 5.92. The SMILES string of the molecule is Cc1cc(N(C)CCOCCOCCC(=O)O)nc(Nc2ccc(NC(=O)Cc3ccccc3)cc2)n1. The number of aliphatic carboxylic acids is 1. The van der Waals surface area contributed by atoms with Crippen molar-refractivity contribution in [3.05, 3.63) is 71.9 Å². The summed E-state index contributed by atoms with van der Waals surface area (Å²) in [5.74, 6) is 0.268. The molecule has 37 heavy (non-hydrogen) atoms. The Labute approximate surface area is 216 Å². The smallest absolute Gasteiger partial charge is 0.305 e. The van der Waals surface area contributed by atoms with E-state index < -0.39 is 5.97 Å². The quantitative estimate of drug-likeness (QED) is 0.264. The van der Waals surface area contributed by atoms with Gasteiger partial charge in [-0.3, -0.25) is 9.59 Å². The standard InChI is InChI=1S/C27H33N5O5/c1-20-18-24(32(2)13-15-37-17-16-36-14-12-26(34)35)31-27(28-20)30-23-10-8-22(9-11-23)29-25(33)19-21-6-4-3-5-7-21/h3-11,18H,12-17,19H2,1-2H3,(H,29,33)(H,34,35)(H,28,30,31). The molecule has 0 fully saturated rings. The van der Waals surface area contributed by atoms with Crippen LogP contribution in [0.5, 0.6) is 0 Å². The monoisotopic (exact) mass is 507 g/mol. The number of nitrogens with zero attached hydrogens (tertiary/aromatic N) is 3. The summed E-state index contributed by atoms with van der Waals surface area (Å²) in [4.78, 5) is 33.8. The Morgan fingerprint density at radius 2 is 1.59 bits per heavy atom. The van der Waals surface area contributed by atoms with Crippen molar-refractivity contribution in [3.8, 4) is 0 Å². The molecule has 0 aliphatic rings. The Morgan fingerprint density at radius 3 is 2.30 bits per heavy atom. The van der Waals surface area contributed by atoms with Crippen LogP contribution in [0.4, 0.5) is 23.1 Å². The van der Waals surface area contributed by atoms with Crippen molar-refractivity contribution in [1.29, 1.82) is 0 Å². The van der Waals surface area contributed by atoms with E-state index in [1.54, 1.807) is 0 Å². The Morgan fingerprint density at radius 1 is 0.919 bits per heavy atom. The summed E-state index contributed by atoms with van der Waals surface area (Å²) in [6.45, 7) is 3.92. The molecule has 0 radical (unpaired) electrons. The van der Waals surface area contributed by atoms with Crippen LogP contribution in [-0.2, 0) is 25.5 Å². The molecule has 3 aromatic rings. The molecule has 10 heteroatoms. The van der Waals surface area contributed by atoms with Gasteiger partial charge in [-0.15, -0.1) is 0 Å². The number of hydrogen-bond donors (Lipinski definition) is 3. The van der Waals surface area contributed by atoms with Crippen molar-refractivity contribution in [2.24, 2.45) is 0 Å².